The molecule has 0 aromatic heterocycles. The monoisotopic (exact) mass is 187 g/mol. The molecule has 0 amide bonds. The van der Waals surface area contributed by atoms with Crippen LogP contribution >= 0.6 is 0 Å². The van der Waals surface area contributed by atoms with Crippen LogP contribution in [0.25, 0.3) is 0 Å². The van der Waals surface area contributed by atoms with Crippen LogP contribution in [0, 0.1) is 5.92 Å². The summed E-state index contributed by atoms with van der Waals surface area (Å²) in [4.78, 5) is 0. The zero-order valence-electron chi connectivity index (χ0n) is 8.66. The first-order chi connectivity index (χ1) is 6.84. The maximum atomic E-state index is 3.76. The van der Waals surface area contributed by atoms with E-state index in [0.717, 1.165) is 12.0 Å². The van der Waals surface area contributed by atoms with Gasteiger partial charge in [0.2, 0.25) is 0 Å². The molecule has 1 aromatic carbocycles. The van der Waals surface area contributed by atoms with Crippen LogP contribution in [0.5, 0.6) is 0 Å². The summed E-state index contributed by atoms with van der Waals surface area (Å²) in [6.45, 7) is 2.36. The molecule has 0 heterocycles. The van der Waals surface area contributed by atoms with Crippen molar-refractivity contribution in [2.24, 2.45) is 5.92 Å². The first-order valence-corrected chi connectivity index (χ1v) is 5.68. The van der Waals surface area contributed by atoms with E-state index in [2.05, 4.69) is 36.5 Å². The molecule has 0 radical (unpaired) electrons. The number of hydrogen-bond donors (Lipinski definition) is 1. The molecule has 1 fully saturated rings. The van der Waals surface area contributed by atoms with E-state index in [1.54, 1.807) is 11.1 Å². The molecule has 2 atom stereocenters. The molecule has 2 aliphatic carbocycles. The first-order valence-electron chi connectivity index (χ1n) is 5.68. The maximum Gasteiger partial charge on any atom is 0.0354 e. The van der Waals surface area contributed by atoms with Crippen LogP contribution in [0.2, 0.25) is 0 Å². The van der Waals surface area contributed by atoms with Gasteiger partial charge in [0.05, 0.1) is 0 Å². The number of fused-ring (bicyclic) bond motifs is 1. The van der Waals surface area contributed by atoms with Gasteiger partial charge < -0.3 is 5.32 Å². The molecule has 74 valence electrons. The average Bonchev–Trinajstić information content (AvgIpc) is 2.93. The summed E-state index contributed by atoms with van der Waals surface area (Å²) in [5, 5.41) is 3.76. The van der Waals surface area contributed by atoms with Gasteiger partial charge in [-0.1, -0.05) is 31.2 Å². The topological polar surface area (TPSA) is 12.0 Å². The lowest BCUT2D eigenvalue weighted by molar-refractivity contribution is 0.414. The van der Waals surface area contributed by atoms with Crippen molar-refractivity contribution in [1.29, 1.82) is 0 Å². The molecule has 1 N–H and O–H groups in total. The molecule has 2 aliphatic rings. The second-order valence-electron chi connectivity index (χ2n) is 4.80. The molecular formula is C13H17N. The minimum Gasteiger partial charge on any atom is -0.307 e. The fraction of sp³-hybridized carbons (Fsp3) is 0.538. The summed E-state index contributed by atoms with van der Waals surface area (Å²) in [6.07, 6.45) is 4.01. The van der Waals surface area contributed by atoms with Crippen LogP contribution in [0.1, 0.15) is 36.9 Å². The highest BCUT2D eigenvalue weighted by molar-refractivity contribution is 5.35. The van der Waals surface area contributed by atoms with Crippen molar-refractivity contribution in [1.82, 2.24) is 5.32 Å². The van der Waals surface area contributed by atoms with Crippen LogP contribution in [-0.2, 0) is 6.42 Å². The van der Waals surface area contributed by atoms with Gasteiger partial charge in [-0.15, -0.1) is 0 Å². The van der Waals surface area contributed by atoms with Gasteiger partial charge in [0, 0.05) is 12.1 Å². The molecule has 1 nitrogen and oxygen atoms in total. The first kappa shape index (κ1) is 8.49. The Morgan fingerprint density at radius 2 is 2.00 bits per heavy atom. The quantitative estimate of drug-likeness (QED) is 0.750. The number of nitrogens with one attached hydrogen (secondary N) is 1. The van der Waals surface area contributed by atoms with Gasteiger partial charge >= 0.3 is 0 Å². The van der Waals surface area contributed by atoms with Crippen LogP contribution < -0.4 is 5.32 Å². The Labute approximate surface area is 85.5 Å². The third-order valence-electron chi connectivity index (χ3n) is 3.49. The van der Waals surface area contributed by atoms with Crippen molar-refractivity contribution in [3.8, 4) is 0 Å². The number of rotatable bonds is 2. The van der Waals surface area contributed by atoms with Crippen molar-refractivity contribution in [3.05, 3.63) is 35.4 Å². The van der Waals surface area contributed by atoms with Crippen LogP contribution in [0.4, 0.5) is 0 Å². The van der Waals surface area contributed by atoms with Crippen LogP contribution in [-0.4, -0.2) is 6.04 Å². The van der Waals surface area contributed by atoms with E-state index in [-0.39, 0.29) is 0 Å². The zero-order chi connectivity index (χ0) is 9.54. The molecule has 0 saturated heterocycles. The normalized spacial score (nSPS) is 30.4. The predicted molar refractivity (Wildman–Crippen MR) is 58.2 cm³/mol. The van der Waals surface area contributed by atoms with E-state index < -0.39 is 0 Å². The maximum absolute atomic E-state index is 3.76. The van der Waals surface area contributed by atoms with E-state index in [4.69, 9.17) is 0 Å². The second kappa shape index (κ2) is 3.09. The van der Waals surface area contributed by atoms with E-state index in [0.29, 0.717) is 6.04 Å². The van der Waals surface area contributed by atoms with Gasteiger partial charge in [-0.05, 0) is 36.3 Å². The van der Waals surface area contributed by atoms with E-state index >= 15 is 0 Å². The van der Waals surface area contributed by atoms with Gasteiger partial charge in [-0.2, -0.15) is 0 Å². The molecule has 1 aromatic rings. The molecule has 0 spiro atoms. The summed E-state index contributed by atoms with van der Waals surface area (Å²) in [5.74, 6) is 0.771. The van der Waals surface area contributed by atoms with Crippen molar-refractivity contribution in [2.45, 2.75) is 38.3 Å². The summed E-state index contributed by atoms with van der Waals surface area (Å²) in [5.41, 5.74) is 3.10. The fourth-order valence-electron chi connectivity index (χ4n) is 2.55. The Morgan fingerprint density at radius 3 is 2.79 bits per heavy atom. The van der Waals surface area contributed by atoms with Gasteiger partial charge in [0.25, 0.3) is 0 Å². The Balaban J connectivity index is 1.88. The second-order valence-corrected chi connectivity index (χ2v) is 4.80. The Kier molecular flexibility index (Phi) is 1.88. The minimum atomic E-state index is 0.624. The summed E-state index contributed by atoms with van der Waals surface area (Å²) < 4.78 is 0. The van der Waals surface area contributed by atoms with Gasteiger partial charge in [0.1, 0.15) is 0 Å². The summed E-state index contributed by atoms with van der Waals surface area (Å²) in [6, 6.07) is 10.3. The van der Waals surface area contributed by atoms with Gasteiger partial charge in [-0.3, -0.25) is 0 Å². The summed E-state index contributed by atoms with van der Waals surface area (Å²) >= 11 is 0. The lowest BCUT2D eigenvalue weighted by atomic mass is 10.0. The molecule has 1 saturated carbocycles. The summed E-state index contributed by atoms with van der Waals surface area (Å²) in [7, 11) is 0. The van der Waals surface area contributed by atoms with Crippen molar-refractivity contribution >= 4 is 0 Å². The molecular weight excluding hydrogens is 170 g/mol. The van der Waals surface area contributed by atoms with E-state index in [1.165, 1.54) is 19.3 Å². The van der Waals surface area contributed by atoms with Crippen molar-refractivity contribution in [3.63, 3.8) is 0 Å². The molecule has 0 aliphatic heterocycles. The van der Waals surface area contributed by atoms with Crippen molar-refractivity contribution in [2.75, 3.05) is 0 Å². The highest BCUT2D eigenvalue weighted by Crippen LogP contribution is 2.37. The molecule has 0 bridgehead atoms. The molecule has 3 rings (SSSR count). The number of benzene rings is 1. The highest BCUT2D eigenvalue weighted by atomic mass is 15.0. The third-order valence-corrected chi connectivity index (χ3v) is 3.49. The smallest absolute Gasteiger partial charge is 0.0354 e. The van der Waals surface area contributed by atoms with Gasteiger partial charge in [0.15, 0.2) is 0 Å². The average molecular weight is 187 g/mol. The lowest BCUT2D eigenvalue weighted by Crippen LogP contribution is -2.25. The highest BCUT2D eigenvalue weighted by Gasteiger charge is 2.33. The number of hydrogen-bond acceptors (Lipinski definition) is 1. The molecule has 2 unspecified atom stereocenters. The zero-order valence-corrected chi connectivity index (χ0v) is 8.66. The Morgan fingerprint density at radius 1 is 1.21 bits per heavy atom. The third kappa shape index (κ3) is 1.36. The van der Waals surface area contributed by atoms with E-state index in [9.17, 15) is 0 Å². The van der Waals surface area contributed by atoms with E-state index in [1.807, 2.05) is 0 Å². The SMILES string of the molecule is CC1Cc2ccccc2C1NC1CC1. The molecule has 1 heteroatoms. The largest absolute Gasteiger partial charge is 0.307 e. The molecule has 14 heavy (non-hydrogen) atoms. The van der Waals surface area contributed by atoms with Crippen molar-refractivity contribution < 1.29 is 0 Å². The van der Waals surface area contributed by atoms with Crippen LogP contribution in [0.15, 0.2) is 24.3 Å². The standard InChI is InChI=1S/C13H17N/c1-9-8-10-4-2-3-5-12(10)13(9)14-11-6-7-11/h2-5,9,11,13-14H,6-8H2,1H3. The Hall–Kier alpha value is -0.820. The Bertz CT molecular complexity index is 341. The lowest BCUT2D eigenvalue weighted by Gasteiger charge is -2.18. The minimum absolute atomic E-state index is 0.624. The van der Waals surface area contributed by atoms with Crippen LogP contribution in [0.3, 0.4) is 0 Å². The fourth-order valence-corrected chi connectivity index (χ4v) is 2.55. The predicted octanol–water partition coefficient (Wildman–Crippen LogP) is 2.67. The van der Waals surface area contributed by atoms with Gasteiger partial charge in [-0.25, -0.2) is 0 Å².